The number of rotatable bonds is 5. The monoisotopic (exact) mass is 302 g/mol. The lowest BCUT2D eigenvalue weighted by molar-refractivity contribution is -0.121. The Kier molecular flexibility index (Phi) is 5.08. The van der Waals surface area contributed by atoms with Gasteiger partial charge in [-0.25, -0.2) is 9.48 Å². The number of carbonyl (C=O) groups is 2. The smallest absolute Gasteiger partial charge is 0.358 e. The van der Waals surface area contributed by atoms with Crippen LogP contribution in [0.25, 0.3) is 0 Å². The summed E-state index contributed by atoms with van der Waals surface area (Å²) in [5.74, 6) is 2.01. The molecule has 0 saturated carbocycles. The highest BCUT2D eigenvalue weighted by atomic mass is 32.2. The number of nitrogens with zero attached hydrogens (tertiary/aromatic N) is 3. The third-order valence-corrected chi connectivity index (χ3v) is 5.32. The molecule has 1 aromatic rings. The highest BCUT2D eigenvalue weighted by molar-refractivity contribution is 8.06. The van der Waals surface area contributed by atoms with E-state index in [0.717, 1.165) is 11.5 Å². The first-order valence-electron chi connectivity index (χ1n) is 5.74. The molecule has 1 saturated heterocycles. The lowest BCUT2D eigenvalue weighted by Crippen LogP contribution is -2.35. The molecule has 2 heterocycles. The van der Waals surface area contributed by atoms with Gasteiger partial charge in [0, 0.05) is 29.1 Å². The highest BCUT2D eigenvalue weighted by Crippen LogP contribution is 2.23. The average Bonchev–Trinajstić information content (AvgIpc) is 2.86. The quantitative estimate of drug-likeness (QED) is 0.786. The highest BCUT2D eigenvalue weighted by Gasteiger charge is 2.16. The molecule has 0 bridgehead atoms. The topological polar surface area (TPSA) is 97.1 Å². The van der Waals surface area contributed by atoms with E-state index in [2.05, 4.69) is 15.6 Å². The summed E-state index contributed by atoms with van der Waals surface area (Å²) in [5, 5.41) is 19.0. The van der Waals surface area contributed by atoms with Crippen molar-refractivity contribution in [3.63, 3.8) is 0 Å². The number of nitrogens with one attached hydrogen (secondary N) is 1. The Balaban J connectivity index is 1.75. The number of carboxylic acid groups (broad SMARTS) is 1. The van der Waals surface area contributed by atoms with Crippen LogP contribution in [0.2, 0.25) is 0 Å². The van der Waals surface area contributed by atoms with Crippen LogP contribution in [0.4, 0.5) is 0 Å². The maximum atomic E-state index is 11.7. The maximum absolute atomic E-state index is 11.7. The van der Waals surface area contributed by atoms with Gasteiger partial charge in [0.25, 0.3) is 0 Å². The van der Waals surface area contributed by atoms with Crippen LogP contribution in [-0.4, -0.2) is 61.0 Å². The van der Waals surface area contributed by atoms with Crippen LogP contribution in [0.3, 0.4) is 0 Å². The van der Waals surface area contributed by atoms with E-state index in [9.17, 15) is 9.59 Å². The molecule has 0 spiro atoms. The molecule has 1 aromatic heterocycles. The van der Waals surface area contributed by atoms with Crippen LogP contribution in [-0.2, 0) is 11.3 Å². The molecule has 0 radical (unpaired) electrons. The van der Waals surface area contributed by atoms with Crippen molar-refractivity contribution in [1.29, 1.82) is 0 Å². The molecule has 2 rings (SSSR count). The SMILES string of the molecule is O=C(Cn1cc(C(=O)O)nn1)NCC1CSCCS1. The van der Waals surface area contributed by atoms with Crippen molar-refractivity contribution >= 4 is 35.4 Å². The fourth-order valence-corrected chi connectivity index (χ4v) is 4.17. The molecular formula is C10H14N4O3S2. The summed E-state index contributed by atoms with van der Waals surface area (Å²) in [6.07, 6.45) is 1.24. The standard InChI is InChI=1S/C10H14N4O3S2/c15-9(11-3-7-6-18-1-2-19-7)5-14-4-8(10(16)17)12-13-14/h4,7H,1-3,5-6H2,(H,11,15)(H,16,17). The molecule has 104 valence electrons. The largest absolute Gasteiger partial charge is 0.476 e. The zero-order chi connectivity index (χ0) is 13.7. The summed E-state index contributed by atoms with van der Waals surface area (Å²) in [7, 11) is 0. The number of aromatic carboxylic acids is 1. The summed E-state index contributed by atoms with van der Waals surface area (Å²) in [6.45, 7) is 0.627. The van der Waals surface area contributed by atoms with Crippen molar-refractivity contribution in [2.45, 2.75) is 11.8 Å². The zero-order valence-corrected chi connectivity index (χ0v) is 11.7. The second-order valence-electron chi connectivity index (χ2n) is 3.98. The van der Waals surface area contributed by atoms with E-state index in [4.69, 9.17) is 5.11 Å². The number of amides is 1. The molecule has 9 heteroatoms. The molecular weight excluding hydrogens is 288 g/mol. The molecule has 1 aliphatic heterocycles. The Morgan fingerprint density at radius 2 is 2.37 bits per heavy atom. The first kappa shape index (κ1) is 14.2. The van der Waals surface area contributed by atoms with Gasteiger partial charge in [-0.05, 0) is 0 Å². The van der Waals surface area contributed by atoms with Gasteiger partial charge in [0.15, 0.2) is 5.69 Å². The fraction of sp³-hybridized carbons (Fsp3) is 0.600. The van der Waals surface area contributed by atoms with E-state index in [1.807, 2.05) is 23.5 Å². The summed E-state index contributed by atoms with van der Waals surface area (Å²) >= 11 is 3.77. The van der Waals surface area contributed by atoms with Gasteiger partial charge in [0.1, 0.15) is 6.54 Å². The molecule has 0 aromatic carbocycles. The van der Waals surface area contributed by atoms with Crippen LogP contribution in [0.1, 0.15) is 10.5 Å². The van der Waals surface area contributed by atoms with Crippen LogP contribution in [0, 0.1) is 0 Å². The van der Waals surface area contributed by atoms with E-state index in [-0.39, 0.29) is 18.1 Å². The minimum Gasteiger partial charge on any atom is -0.476 e. The maximum Gasteiger partial charge on any atom is 0.358 e. The Morgan fingerprint density at radius 1 is 1.53 bits per heavy atom. The van der Waals surface area contributed by atoms with Crippen molar-refractivity contribution in [1.82, 2.24) is 20.3 Å². The third kappa shape index (κ3) is 4.43. The van der Waals surface area contributed by atoms with Crippen LogP contribution < -0.4 is 5.32 Å². The van der Waals surface area contributed by atoms with Crippen LogP contribution in [0.5, 0.6) is 0 Å². The molecule has 1 amide bonds. The summed E-state index contributed by atoms with van der Waals surface area (Å²) in [4.78, 5) is 22.3. The van der Waals surface area contributed by atoms with Gasteiger partial charge in [0.05, 0.1) is 6.20 Å². The number of hydrogen-bond acceptors (Lipinski definition) is 6. The molecule has 19 heavy (non-hydrogen) atoms. The van der Waals surface area contributed by atoms with Crippen LogP contribution in [0.15, 0.2) is 6.20 Å². The minimum absolute atomic E-state index is 0.00912. The first-order chi connectivity index (χ1) is 9.15. The molecule has 1 unspecified atom stereocenters. The lowest BCUT2D eigenvalue weighted by Gasteiger charge is -2.21. The van der Waals surface area contributed by atoms with Gasteiger partial charge < -0.3 is 10.4 Å². The molecule has 1 aliphatic rings. The summed E-state index contributed by atoms with van der Waals surface area (Å²) in [6, 6.07) is 0. The number of aromatic nitrogens is 3. The van der Waals surface area contributed by atoms with E-state index >= 15 is 0 Å². The predicted molar refractivity (Wildman–Crippen MR) is 73.6 cm³/mol. The second-order valence-corrected chi connectivity index (χ2v) is 6.54. The summed E-state index contributed by atoms with van der Waals surface area (Å²) in [5.41, 5.74) is -0.160. The van der Waals surface area contributed by atoms with Gasteiger partial charge in [-0.1, -0.05) is 5.21 Å². The van der Waals surface area contributed by atoms with Gasteiger partial charge in [-0.3, -0.25) is 4.79 Å². The second kappa shape index (κ2) is 6.80. The molecule has 1 fully saturated rings. The molecule has 0 aliphatic carbocycles. The van der Waals surface area contributed by atoms with Gasteiger partial charge in [0.2, 0.25) is 5.91 Å². The Morgan fingerprint density at radius 3 is 3.00 bits per heavy atom. The Hall–Kier alpha value is -1.22. The number of hydrogen-bond donors (Lipinski definition) is 2. The molecule has 7 nitrogen and oxygen atoms in total. The van der Waals surface area contributed by atoms with Crippen molar-refractivity contribution < 1.29 is 14.7 Å². The van der Waals surface area contributed by atoms with Crippen molar-refractivity contribution in [2.24, 2.45) is 0 Å². The minimum atomic E-state index is -1.15. The Labute approximate surface area is 118 Å². The summed E-state index contributed by atoms with van der Waals surface area (Å²) < 4.78 is 1.22. The van der Waals surface area contributed by atoms with E-state index < -0.39 is 5.97 Å². The van der Waals surface area contributed by atoms with Gasteiger partial charge in [-0.15, -0.1) is 5.10 Å². The van der Waals surface area contributed by atoms with E-state index in [1.54, 1.807) is 0 Å². The fourth-order valence-electron chi connectivity index (χ4n) is 1.56. The van der Waals surface area contributed by atoms with E-state index in [1.165, 1.54) is 16.6 Å². The van der Waals surface area contributed by atoms with Gasteiger partial charge in [-0.2, -0.15) is 23.5 Å². The lowest BCUT2D eigenvalue weighted by atomic mass is 10.4. The predicted octanol–water partition coefficient (Wildman–Crippen LogP) is -0.0589. The first-order valence-corrected chi connectivity index (χ1v) is 7.95. The van der Waals surface area contributed by atoms with Crippen molar-refractivity contribution in [2.75, 3.05) is 23.8 Å². The number of carbonyl (C=O) groups excluding carboxylic acids is 1. The normalized spacial score (nSPS) is 19.1. The van der Waals surface area contributed by atoms with Crippen molar-refractivity contribution in [3.05, 3.63) is 11.9 Å². The molecule has 2 N–H and O–H groups in total. The van der Waals surface area contributed by atoms with Crippen LogP contribution >= 0.6 is 23.5 Å². The molecule has 1 atom stereocenters. The number of carboxylic acids is 1. The number of thioether (sulfide) groups is 2. The van der Waals surface area contributed by atoms with Crippen molar-refractivity contribution in [3.8, 4) is 0 Å². The average molecular weight is 302 g/mol. The zero-order valence-electron chi connectivity index (χ0n) is 10.1. The van der Waals surface area contributed by atoms with Gasteiger partial charge >= 0.3 is 5.97 Å². The third-order valence-electron chi connectivity index (χ3n) is 2.48. The Bertz CT molecular complexity index is 459. The van der Waals surface area contributed by atoms with E-state index in [0.29, 0.717) is 11.8 Å².